The summed E-state index contributed by atoms with van der Waals surface area (Å²) in [5.41, 5.74) is 6.80. The van der Waals surface area contributed by atoms with Gasteiger partial charge in [-0.25, -0.2) is 0 Å². The fraction of sp³-hybridized carbons (Fsp3) is 0.500. The van der Waals surface area contributed by atoms with Gasteiger partial charge >= 0.3 is 0 Å². The third-order valence-corrected chi connectivity index (χ3v) is 4.04. The van der Waals surface area contributed by atoms with Crippen molar-refractivity contribution in [3.05, 3.63) is 34.3 Å². The molecule has 2 unspecified atom stereocenters. The molecule has 2 atom stereocenters. The van der Waals surface area contributed by atoms with Gasteiger partial charge in [0.05, 0.1) is 6.04 Å². The van der Waals surface area contributed by atoms with Crippen LogP contribution in [0, 0.1) is 5.92 Å². The minimum absolute atomic E-state index is 0. The van der Waals surface area contributed by atoms with Gasteiger partial charge < -0.3 is 10.6 Å². The topological polar surface area (TPSA) is 46.3 Å². The lowest BCUT2D eigenvalue weighted by atomic mass is 10.0. The summed E-state index contributed by atoms with van der Waals surface area (Å²) in [4.78, 5) is 14.3. The normalized spacial score (nSPS) is 19.9. The average Bonchev–Trinajstić information content (AvgIpc) is 2.86. The van der Waals surface area contributed by atoms with Gasteiger partial charge in [0.15, 0.2) is 0 Å². The summed E-state index contributed by atoms with van der Waals surface area (Å²) in [5.74, 6) is 0.0951. The fourth-order valence-electron chi connectivity index (χ4n) is 2.47. The Hall–Kier alpha value is -0.580. The van der Waals surface area contributed by atoms with Crippen LogP contribution in [-0.2, 0) is 4.79 Å². The second kappa shape index (κ2) is 7.27. The lowest BCUT2D eigenvalue weighted by Gasteiger charge is -2.27. The quantitative estimate of drug-likeness (QED) is 0.913. The van der Waals surface area contributed by atoms with Crippen molar-refractivity contribution >= 4 is 34.2 Å². The molecule has 0 bridgehead atoms. The Morgan fingerprint density at radius 3 is 2.95 bits per heavy atom. The third kappa shape index (κ3) is 3.71. The second-order valence-corrected chi connectivity index (χ2v) is 5.80. The Bertz CT molecular complexity index is 441. The van der Waals surface area contributed by atoms with Crippen molar-refractivity contribution in [2.24, 2.45) is 11.7 Å². The molecule has 3 nitrogen and oxygen atoms in total. The van der Waals surface area contributed by atoms with Gasteiger partial charge in [0.1, 0.15) is 0 Å². The van der Waals surface area contributed by atoms with Crippen LogP contribution >= 0.6 is 28.3 Å². The van der Waals surface area contributed by atoms with Gasteiger partial charge in [-0.15, -0.1) is 12.4 Å². The Labute approximate surface area is 129 Å². The minimum Gasteiger partial charge on any atom is -0.335 e. The number of hydrogen-bond donors (Lipinski definition) is 1. The van der Waals surface area contributed by atoms with Crippen molar-refractivity contribution in [3.63, 3.8) is 0 Å². The summed E-state index contributed by atoms with van der Waals surface area (Å²) in [6.45, 7) is 3.17. The highest BCUT2D eigenvalue weighted by Crippen LogP contribution is 2.33. The highest BCUT2D eigenvalue weighted by Gasteiger charge is 2.31. The van der Waals surface area contributed by atoms with Gasteiger partial charge in [0.25, 0.3) is 0 Å². The average molecular weight is 348 g/mol. The van der Waals surface area contributed by atoms with E-state index in [0.29, 0.717) is 6.54 Å². The summed E-state index contributed by atoms with van der Waals surface area (Å²) in [6.07, 6.45) is 2.11. The summed E-state index contributed by atoms with van der Waals surface area (Å²) in [6, 6.07) is 8.43. The van der Waals surface area contributed by atoms with E-state index in [9.17, 15) is 4.79 Å². The first kappa shape index (κ1) is 16.5. The molecule has 0 radical (unpaired) electrons. The summed E-state index contributed by atoms with van der Waals surface area (Å²) < 4.78 is 1.06. The predicted octanol–water partition coefficient (Wildman–Crippen LogP) is 3.13. The van der Waals surface area contributed by atoms with Crippen LogP contribution in [0.3, 0.4) is 0 Å². The number of likely N-dealkylation sites (tertiary alicyclic amines) is 1. The molecule has 106 valence electrons. The fourth-order valence-corrected chi connectivity index (χ4v) is 2.89. The number of rotatable bonds is 3. The number of nitrogens with two attached hydrogens (primary N) is 1. The molecule has 1 fully saturated rings. The van der Waals surface area contributed by atoms with E-state index in [-0.39, 0.29) is 30.3 Å². The number of halogens is 2. The maximum absolute atomic E-state index is 12.3. The molecule has 0 aliphatic carbocycles. The molecule has 2 rings (SSSR count). The van der Waals surface area contributed by atoms with E-state index in [1.807, 2.05) is 24.0 Å². The molecule has 0 aromatic heterocycles. The smallest absolute Gasteiger partial charge is 0.227 e. The van der Waals surface area contributed by atoms with Gasteiger partial charge in [-0.2, -0.15) is 0 Å². The lowest BCUT2D eigenvalue weighted by Crippen LogP contribution is -2.37. The van der Waals surface area contributed by atoms with Crippen LogP contribution in [0.25, 0.3) is 0 Å². The molecule has 1 aliphatic rings. The van der Waals surface area contributed by atoms with E-state index in [4.69, 9.17) is 5.73 Å². The third-order valence-electron chi connectivity index (χ3n) is 3.54. The van der Waals surface area contributed by atoms with Gasteiger partial charge in [-0.1, -0.05) is 35.0 Å². The molecular formula is C14H20BrClN2O. The molecule has 1 amide bonds. The molecule has 19 heavy (non-hydrogen) atoms. The number of benzene rings is 1. The van der Waals surface area contributed by atoms with Crippen LogP contribution in [0.5, 0.6) is 0 Å². The number of hydrogen-bond acceptors (Lipinski definition) is 2. The minimum atomic E-state index is -0.0854. The van der Waals surface area contributed by atoms with Crippen molar-refractivity contribution in [2.75, 3.05) is 13.1 Å². The number of amides is 1. The van der Waals surface area contributed by atoms with Crippen LogP contribution in [0.1, 0.15) is 31.4 Å². The van der Waals surface area contributed by atoms with Crippen molar-refractivity contribution in [1.82, 2.24) is 4.90 Å². The van der Waals surface area contributed by atoms with Crippen LogP contribution in [0.15, 0.2) is 28.7 Å². The number of nitrogens with zero attached hydrogens (tertiary/aromatic N) is 1. The first-order valence-corrected chi connectivity index (χ1v) is 7.18. The molecule has 5 heteroatoms. The predicted molar refractivity (Wildman–Crippen MR) is 83.3 cm³/mol. The SMILES string of the molecule is CC(CN)C(=O)N1CCCC1c1cccc(Br)c1.Cl. The zero-order valence-electron chi connectivity index (χ0n) is 11.0. The molecule has 2 N–H and O–H groups in total. The Balaban J connectivity index is 0.00000180. The maximum Gasteiger partial charge on any atom is 0.227 e. The van der Waals surface area contributed by atoms with E-state index in [2.05, 4.69) is 28.1 Å². The van der Waals surface area contributed by atoms with Crippen molar-refractivity contribution < 1.29 is 4.79 Å². The molecule has 1 saturated heterocycles. The first-order chi connectivity index (χ1) is 8.63. The van der Waals surface area contributed by atoms with Crippen LogP contribution < -0.4 is 5.73 Å². The number of carbonyl (C=O) groups is 1. The van der Waals surface area contributed by atoms with Crippen LogP contribution in [-0.4, -0.2) is 23.9 Å². The molecule has 1 heterocycles. The Kier molecular flexibility index (Phi) is 6.30. The zero-order valence-corrected chi connectivity index (χ0v) is 13.4. The molecule has 0 spiro atoms. The van der Waals surface area contributed by atoms with E-state index in [0.717, 1.165) is 23.9 Å². The second-order valence-electron chi connectivity index (χ2n) is 4.88. The summed E-state index contributed by atoms with van der Waals surface area (Å²) >= 11 is 3.49. The van der Waals surface area contributed by atoms with E-state index < -0.39 is 0 Å². The van der Waals surface area contributed by atoms with Crippen molar-refractivity contribution in [2.45, 2.75) is 25.8 Å². The molecule has 0 saturated carbocycles. The highest BCUT2D eigenvalue weighted by atomic mass is 79.9. The maximum atomic E-state index is 12.3. The van der Waals surface area contributed by atoms with Gasteiger partial charge in [0, 0.05) is 23.5 Å². The highest BCUT2D eigenvalue weighted by molar-refractivity contribution is 9.10. The van der Waals surface area contributed by atoms with Gasteiger partial charge in [0.2, 0.25) is 5.91 Å². The van der Waals surface area contributed by atoms with E-state index in [1.165, 1.54) is 5.56 Å². The molecular weight excluding hydrogens is 328 g/mol. The van der Waals surface area contributed by atoms with Gasteiger partial charge in [-0.3, -0.25) is 4.79 Å². The van der Waals surface area contributed by atoms with E-state index in [1.54, 1.807) is 0 Å². The van der Waals surface area contributed by atoms with Crippen LogP contribution in [0.4, 0.5) is 0 Å². The van der Waals surface area contributed by atoms with Crippen molar-refractivity contribution in [3.8, 4) is 0 Å². The summed E-state index contributed by atoms with van der Waals surface area (Å²) in [7, 11) is 0. The molecule has 1 aliphatic heterocycles. The number of carbonyl (C=O) groups excluding carboxylic acids is 1. The lowest BCUT2D eigenvalue weighted by molar-refractivity contribution is -0.135. The monoisotopic (exact) mass is 346 g/mol. The van der Waals surface area contributed by atoms with Crippen molar-refractivity contribution in [1.29, 1.82) is 0 Å². The molecule has 1 aromatic rings. The standard InChI is InChI=1S/C14H19BrN2O.ClH/c1-10(9-16)14(18)17-7-3-6-13(17)11-4-2-5-12(15)8-11;/h2,4-5,8,10,13H,3,6-7,9,16H2,1H3;1H. The Morgan fingerprint density at radius 2 is 2.32 bits per heavy atom. The largest absolute Gasteiger partial charge is 0.335 e. The van der Waals surface area contributed by atoms with E-state index >= 15 is 0 Å². The summed E-state index contributed by atoms with van der Waals surface area (Å²) in [5, 5.41) is 0. The first-order valence-electron chi connectivity index (χ1n) is 6.39. The Morgan fingerprint density at radius 1 is 1.58 bits per heavy atom. The van der Waals surface area contributed by atoms with Gasteiger partial charge in [-0.05, 0) is 30.5 Å². The molecule has 1 aromatic carbocycles. The zero-order chi connectivity index (χ0) is 13.1. The van der Waals surface area contributed by atoms with Crippen LogP contribution in [0.2, 0.25) is 0 Å².